The Morgan fingerprint density at radius 2 is 2.21 bits per heavy atom. The minimum Gasteiger partial charge on any atom is -0.349 e. The van der Waals surface area contributed by atoms with Crippen LogP contribution in [-0.2, 0) is 9.57 Å². The zero-order valence-corrected chi connectivity index (χ0v) is 9.17. The number of hydrogen-bond donors (Lipinski definition) is 1. The molecule has 0 aromatic heterocycles. The van der Waals surface area contributed by atoms with Gasteiger partial charge in [0.15, 0.2) is 0 Å². The molecule has 0 saturated carbocycles. The largest absolute Gasteiger partial charge is 0.349 e. The molecule has 1 rings (SSSR count). The maximum Gasteiger partial charge on any atom is 0.140 e. The van der Waals surface area contributed by atoms with Gasteiger partial charge in [-0.15, -0.1) is 0 Å². The van der Waals surface area contributed by atoms with E-state index in [1.54, 1.807) is 0 Å². The Labute approximate surface area is 85.7 Å². The van der Waals surface area contributed by atoms with E-state index in [9.17, 15) is 0 Å². The van der Waals surface area contributed by atoms with Crippen molar-refractivity contribution in [3.8, 4) is 11.8 Å². The maximum atomic E-state index is 5.40. The molecule has 80 valence electrons. The lowest BCUT2D eigenvalue weighted by molar-refractivity contribution is -0.862. The van der Waals surface area contributed by atoms with Crippen LogP contribution in [0.15, 0.2) is 0 Å². The molecule has 1 N–H and O–H groups in total. The summed E-state index contributed by atoms with van der Waals surface area (Å²) in [5.74, 6) is 6.06. The molecule has 0 spiro atoms. The number of hydroxylamine groups is 1. The summed E-state index contributed by atoms with van der Waals surface area (Å²) in [5, 5.41) is 0. The standard InChI is InChI=1S/C10H19N2O2/c1-12(2,3)7-4-5-8-13-10-6-9-14-11-10/h10-11H,6-9H2,1-3H3/q+1/t10-/m1/s1. The van der Waals surface area contributed by atoms with Gasteiger partial charge in [0.1, 0.15) is 19.4 Å². The highest BCUT2D eigenvalue weighted by atomic mass is 16.7. The summed E-state index contributed by atoms with van der Waals surface area (Å²) in [6, 6.07) is 0. The fourth-order valence-corrected chi connectivity index (χ4v) is 0.980. The summed E-state index contributed by atoms with van der Waals surface area (Å²) in [4.78, 5) is 4.94. The van der Waals surface area contributed by atoms with E-state index >= 15 is 0 Å². The molecular formula is C10H19N2O2+. The molecule has 1 fully saturated rings. The molecule has 0 unspecified atom stereocenters. The van der Waals surface area contributed by atoms with Crippen molar-refractivity contribution in [3.63, 3.8) is 0 Å². The number of nitrogens with one attached hydrogen (secondary N) is 1. The van der Waals surface area contributed by atoms with E-state index in [4.69, 9.17) is 9.57 Å². The van der Waals surface area contributed by atoms with Crippen LogP contribution in [0.25, 0.3) is 0 Å². The van der Waals surface area contributed by atoms with Crippen molar-refractivity contribution in [3.05, 3.63) is 0 Å². The highest BCUT2D eigenvalue weighted by Crippen LogP contribution is 2.01. The minimum atomic E-state index is 0.0217. The summed E-state index contributed by atoms with van der Waals surface area (Å²) >= 11 is 0. The first-order valence-electron chi connectivity index (χ1n) is 4.83. The second-order valence-electron chi connectivity index (χ2n) is 4.36. The van der Waals surface area contributed by atoms with Gasteiger partial charge >= 0.3 is 0 Å². The summed E-state index contributed by atoms with van der Waals surface area (Å²) in [6.07, 6.45) is 0.922. The Morgan fingerprint density at radius 1 is 1.43 bits per heavy atom. The zero-order valence-electron chi connectivity index (χ0n) is 9.17. The van der Waals surface area contributed by atoms with Crippen molar-refractivity contribution >= 4 is 0 Å². The summed E-state index contributed by atoms with van der Waals surface area (Å²) in [6.45, 7) is 2.04. The van der Waals surface area contributed by atoms with Gasteiger partial charge in [-0.3, -0.25) is 4.84 Å². The topological polar surface area (TPSA) is 30.5 Å². The van der Waals surface area contributed by atoms with Crippen molar-refractivity contribution < 1.29 is 14.1 Å². The van der Waals surface area contributed by atoms with E-state index < -0.39 is 0 Å². The lowest BCUT2D eigenvalue weighted by Gasteiger charge is -2.20. The lowest BCUT2D eigenvalue weighted by atomic mass is 10.4. The van der Waals surface area contributed by atoms with Crippen LogP contribution >= 0.6 is 0 Å². The number of nitrogens with zero attached hydrogens (tertiary/aromatic N) is 1. The predicted octanol–water partition coefficient (Wildman–Crippen LogP) is -0.0364. The summed E-state index contributed by atoms with van der Waals surface area (Å²) in [5.41, 5.74) is 2.77. The first-order chi connectivity index (χ1) is 6.58. The fraction of sp³-hybridized carbons (Fsp3) is 0.800. The third-order valence-corrected chi connectivity index (χ3v) is 1.73. The van der Waals surface area contributed by atoms with Gasteiger partial charge in [-0.05, 0) is 5.92 Å². The highest BCUT2D eigenvalue weighted by molar-refractivity contribution is 4.99. The molecule has 4 heteroatoms. The molecule has 0 bridgehead atoms. The molecule has 1 aliphatic heterocycles. The SMILES string of the molecule is C[N+](C)(C)CC#CCO[C@@H]1CCON1. The van der Waals surface area contributed by atoms with E-state index in [0.717, 1.165) is 24.1 Å². The Bertz CT molecular complexity index is 219. The monoisotopic (exact) mass is 199 g/mol. The van der Waals surface area contributed by atoms with E-state index in [2.05, 4.69) is 38.5 Å². The highest BCUT2D eigenvalue weighted by Gasteiger charge is 2.13. The minimum absolute atomic E-state index is 0.0217. The van der Waals surface area contributed by atoms with Crippen LogP contribution in [-0.4, -0.2) is 51.6 Å². The maximum absolute atomic E-state index is 5.40. The van der Waals surface area contributed by atoms with Crippen molar-refractivity contribution in [1.82, 2.24) is 5.48 Å². The summed E-state index contributed by atoms with van der Waals surface area (Å²) in [7, 11) is 6.34. The van der Waals surface area contributed by atoms with Crippen LogP contribution < -0.4 is 5.48 Å². The second-order valence-corrected chi connectivity index (χ2v) is 4.36. The fourth-order valence-electron chi connectivity index (χ4n) is 0.980. The molecule has 1 saturated heterocycles. The van der Waals surface area contributed by atoms with Crippen LogP contribution in [0.4, 0.5) is 0 Å². The van der Waals surface area contributed by atoms with E-state index in [-0.39, 0.29) is 6.23 Å². The average Bonchev–Trinajstić information content (AvgIpc) is 2.54. The van der Waals surface area contributed by atoms with Gasteiger partial charge in [0.25, 0.3) is 0 Å². The summed E-state index contributed by atoms with van der Waals surface area (Å²) < 4.78 is 6.26. The van der Waals surface area contributed by atoms with Crippen LogP contribution in [0.1, 0.15) is 6.42 Å². The van der Waals surface area contributed by atoms with Crippen molar-refractivity contribution in [2.75, 3.05) is 40.9 Å². The quantitative estimate of drug-likeness (QED) is 0.511. The first kappa shape index (κ1) is 11.5. The van der Waals surface area contributed by atoms with Gasteiger partial charge in [-0.1, -0.05) is 5.92 Å². The second kappa shape index (κ2) is 5.32. The van der Waals surface area contributed by atoms with E-state index in [0.29, 0.717) is 6.61 Å². The van der Waals surface area contributed by atoms with Gasteiger partial charge in [-0.2, -0.15) is 5.48 Å². The van der Waals surface area contributed by atoms with Crippen LogP contribution in [0.2, 0.25) is 0 Å². The van der Waals surface area contributed by atoms with Gasteiger partial charge in [-0.25, -0.2) is 0 Å². The lowest BCUT2D eigenvalue weighted by Crippen LogP contribution is -2.34. The Kier molecular flexibility index (Phi) is 4.36. The Hall–Kier alpha value is -0.600. The van der Waals surface area contributed by atoms with E-state index in [1.165, 1.54) is 0 Å². The molecule has 0 aromatic rings. The average molecular weight is 199 g/mol. The molecule has 0 aromatic carbocycles. The molecule has 1 aliphatic rings. The smallest absolute Gasteiger partial charge is 0.140 e. The number of ether oxygens (including phenoxy) is 1. The van der Waals surface area contributed by atoms with Crippen LogP contribution in [0, 0.1) is 11.8 Å². The molecule has 1 heterocycles. The van der Waals surface area contributed by atoms with Crippen molar-refractivity contribution in [2.45, 2.75) is 12.6 Å². The van der Waals surface area contributed by atoms with Gasteiger partial charge < -0.3 is 9.22 Å². The number of hydrogen-bond acceptors (Lipinski definition) is 3. The molecule has 14 heavy (non-hydrogen) atoms. The molecule has 4 nitrogen and oxygen atoms in total. The zero-order chi connectivity index (χ0) is 10.4. The third kappa shape index (κ3) is 5.20. The normalized spacial score (nSPS) is 21.8. The molecule has 0 amide bonds. The molecule has 0 aliphatic carbocycles. The molecule has 1 atom stereocenters. The number of quaternary nitrogens is 1. The van der Waals surface area contributed by atoms with Crippen molar-refractivity contribution in [1.29, 1.82) is 0 Å². The molecular weight excluding hydrogens is 180 g/mol. The van der Waals surface area contributed by atoms with Gasteiger partial charge in [0, 0.05) is 6.42 Å². The number of rotatable bonds is 3. The predicted molar refractivity (Wildman–Crippen MR) is 54.1 cm³/mol. The first-order valence-corrected chi connectivity index (χ1v) is 4.83. The Morgan fingerprint density at radius 3 is 2.79 bits per heavy atom. The van der Waals surface area contributed by atoms with Gasteiger partial charge in [0.2, 0.25) is 0 Å². The van der Waals surface area contributed by atoms with E-state index in [1.807, 2.05) is 0 Å². The van der Waals surface area contributed by atoms with Gasteiger partial charge in [0.05, 0.1) is 27.7 Å². The Balaban J connectivity index is 2.07. The van der Waals surface area contributed by atoms with Crippen LogP contribution in [0.5, 0.6) is 0 Å². The van der Waals surface area contributed by atoms with Crippen molar-refractivity contribution in [2.24, 2.45) is 0 Å². The van der Waals surface area contributed by atoms with Crippen LogP contribution in [0.3, 0.4) is 0 Å². The third-order valence-electron chi connectivity index (χ3n) is 1.73. The molecule has 0 radical (unpaired) electrons.